The van der Waals surface area contributed by atoms with Crippen molar-refractivity contribution in [1.29, 1.82) is 0 Å². The lowest BCUT2D eigenvalue weighted by molar-refractivity contribution is -0.155. The monoisotopic (exact) mass is 259 g/mol. The zero-order valence-electron chi connectivity index (χ0n) is 11.4. The topological polar surface area (TPSA) is 70.8 Å². The van der Waals surface area contributed by atoms with Crippen LogP contribution in [0.1, 0.15) is 32.6 Å². The number of carbonyl (C=O) groups is 1. The van der Waals surface area contributed by atoms with Crippen LogP contribution in [0.25, 0.3) is 0 Å². The normalized spacial score (nSPS) is 28.1. The number of hydrogen-bond acceptors (Lipinski definition) is 5. The Morgan fingerprint density at radius 2 is 2.00 bits per heavy atom. The Bertz CT molecular complexity index is 259. The maximum absolute atomic E-state index is 12.0. The summed E-state index contributed by atoms with van der Waals surface area (Å²) < 4.78 is 15.3. The molecule has 0 aromatic rings. The fraction of sp³-hybridized carbons (Fsp3) is 0.923. The molecule has 0 aromatic heterocycles. The van der Waals surface area contributed by atoms with Gasteiger partial charge in [-0.25, -0.2) is 0 Å². The Balaban J connectivity index is 2.22. The summed E-state index contributed by atoms with van der Waals surface area (Å²) in [5, 5.41) is 0. The van der Waals surface area contributed by atoms with E-state index < -0.39 is 5.54 Å². The number of carbonyl (C=O) groups excluding carboxylic acids is 1. The molecule has 0 radical (unpaired) electrons. The number of esters is 1. The van der Waals surface area contributed by atoms with Crippen LogP contribution in [0.2, 0.25) is 0 Å². The molecule has 1 fully saturated rings. The molecule has 0 aromatic carbocycles. The Hall–Kier alpha value is -0.650. The van der Waals surface area contributed by atoms with Crippen LogP contribution in [-0.2, 0) is 19.0 Å². The van der Waals surface area contributed by atoms with E-state index in [4.69, 9.17) is 19.9 Å². The zero-order chi connectivity index (χ0) is 13.4. The van der Waals surface area contributed by atoms with Gasteiger partial charge in [-0.05, 0) is 18.8 Å². The summed E-state index contributed by atoms with van der Waals surface area (Å²) in [7, 11) is 1.62. The quantitative estimate of drug-likeness (QED) is 0.547. The van der Waals surface area contributed by atoms with E-state index in [1.54, 1.807) is 7.11 Å². The molecule has 106 valence electrons. The molecule has 0 bridgehead atoms. The first-order valence-electron chi connectivity index (χ1n) is 6.64. The lowest BCUT2D eigenvalue weighted by Crippen LogP contribution is -2.55. The van der Waals surface area contributed by atoms with Gasteiger partial charge in [0.15, 0.2) is 0 Å². The maximum atomic E-state index is 12.0. The van der Waals surface area contributed by atoms with Gasteiger partial charge >= 0.3 is 5.97 Å². The van der Waals surface area contributed by atoms with Crippen molar-refractivity contribution >= 4 is 5.97 Å². The fourth-order valence-corrected chi connectivity index (χ4v) is 2.25. The van der Waals surface area contributed by atoms with E-state index in [0.717, 1.165) is 25.7 Å². The highest BCUT2D eigenvalue weighted by atomic mass is 16.6. The molecule has 1 rings (SSSR count). The molecular weight excluding hydrogens is 234 g/mol. The summed E-state index contributed by atoms with van der Waals surface area (Å²) >= 11 is 0. The van der Waals surface area contributed by atoms with E-state index in [-0.39, 0.29) is 18.5 Å². The van der Waals surface area contributed by atoms with Crippen LogP contribution >= 0.6 is 0 Å². The minimum absolute atomic E-state index is 0.188. The molecule has 1 aliphatic carbocycles. The van der Waals surface area contributed by atoms with E-state index in [2.05, 4.69) is 0 Å². The molecule has 1 saturated carbocycles. The van der Waals surface area contributed by atoms with E-state index in [1.807, 2.05) is 6.92 Å². The van der Waals surface area contributed by atoms with E-state index in [9.17, 15) is 4.79 Å². The average molecular weight is 259 g/mol. The number of hydrogen-bond donors (Lipinski definition) is 1. The smallest absolute Gasteiger partial charge is 0.326 e. The van der Waals surface area contributed by atoms with Gasteiger partial charge in [0.2, 0.25) is 0 Å². The van der Waals surface area contributed by atoms with Crippen molar-refractivity contribution in [2.75, 3.05) is 33.5 Å². The van der Waals surface area contributed by atoms with Gasteiger partial charge in [-0.3, -0.25) is 4.79 Å². The Labute approximate surface area is 109 Å². The van der Waals surface area contributed by atoms with E-state index >= 15 is 0 Å². The van der Waals surface area contributed by atoms with Crippen molar-refractivity contribution in [3.63, 3.8) is 0 Å². The first-order valence-corrected chi connectivity index (χ1v) is 6.64. The second kappa shape index (κ2) is 7.71. The molecule has 1 aliphatic rings. The highest BCUT2D eigenvalue weighted by molar-refractivity contribution is 5.81. The van der Waals surface area contributed by atoms with Crippen LogP contribution in [-0.4, -0.2) is 45.0 Å². The zero-order valence-corrected chi connectivity index (χ0v) is 11.4. The standard InChI is InChI=1S/C13H25NO4/c1-11-5-3-4-6-13(11,14)12(15)18-10-9-17-8-7-16-2/h11H,3-10,14H2,1-2H3. The molecule has 18 heavy (non-hydrogen) atoms. The van der Waals surface area contributed by atoms with Gasteiger partial charge in [-0.2, -0.15) is 0 Å². The number of nitrogens with two attached hydrogens (primary N) is 1. The lowest BCUT2D eigenvalue weighted by atomic mass is 9.74. The highest BCUT2D eigenvalue weighted by Crippen LogP contribution is 2.32. The minimum Gasteiger partial charge on any atom is -0.462 e. The maximum Gasteiger partial charge on any atom is 0.326 e. The summed E-state index contributed by atoms with van der Waals surface area (Å²) in [4.78, 5) is 12.0. The second-order valence-corrected chi connectivity index (χ2v) is 4.93. The minimum atomic E-state index is -0.801. The van der Waals surface area contributed by atoms with Crippen molar-refractivity contribution in [1.82, 2.24) is 0 Å². The van der Waals surface area contributed by atoms with Crippen molar-refractivity contribution in [2.24, 2.45) is 11.7 Å². The number of rotatable bonds is 7. The predicted molar refractivity (Wildman–Crippen MR) is 68.2 cm³/mol. The van der Waals surface area contributed by atoms with Crippen LogP contribution < -0.4 is 5.73 Å². The van der Waals surface area contributed by atoms with Gasteiger partial charge < -0.3 is 19.9 Å². The lowest BCUT2D eigenvalue weighted by Gasteiger charge is -2.36. The fourth-order valence-electron chi connectivity index (χ4n) is 2.25. The molecule has 2 unspecified atom stereocenters. The van der Waals surface area contributed by atoms with E-state index in [1.165, 1.54) is 0 Å². The van der Waals surface area contributed by atoms with Crippen LogP contribution in [0, 0.1) is 5.92 Å². The van der Waals surface area contributed by atoms with Crippen molar-refractivity contribution in [2.45, 2.75) is 38.1 Å². The molecule has 0 spiro atoms. The van der Waals surface area contributed by atoms with Crippen LogP contribution in [0.3, 0.4) is 0 Å². The Kier molecular flexibility index (Phi) is 6.60. The largest absolute Gasteiger partial charge is 0.462 e. The first kappa shape index (κ1) is 15.4. The molecular formula is C13H25NO4. The summed E-state index contributed by atoms with van der Waals surface area (Å²) in [5.74, 6) is -0.0989. The second-order valence-electron chi connectivity index (χ2n) is 4.93. The Morgan fingerprint density at radius 3 is 2.67 bits per heavy atom. The summed E-state index contributed by atoms with van der Waals surface area (Å²) in [5.41, 5.74) is 5.37. The molecule has 0 heterocycles. The predicted octanol–water partition coefficient (Wildman–Crippen LogP) is 1.10. The van der Waals surface area contributed by atoms with Gasteiger partial charge in [-0.1, -0.05) is 19.8 Å². The molecule has 0 amide bonds. The highest BCUT2D eigenvalue weighted by Gasteiger charge is 2.42. The third kappa shape index (κ3) is 4.23. The molecule has 2 N–H and O–H groups in total. The van der Waals surface area contributed by atoms with Gasteiger partial charge in [-0.15, -0.1) is 0 Å². The summed E-state index contributed by atoms with van der Waals surface area (Å²) in [6.07, 6.45) is 3.86. The molecule has 0 saturated heterocycles. The first-order chi connectivity index (χ1) is 8.61. The van der Waals surface area contributed by atoms with Gasteiger partial charge in [0.25, 0.3) is 0 Å². The van der Waals surface area contributed by atoms with Gasteiger partial charge in [0, 0.05) is 7.11 Å². The average Bonchev–Trinajstić information content (AvgIpc) is 2.37. The van der Waals surface area contributed by atoms with E-state index in [0.29, 0.717) is 19.8 Å². The van der Waals surface area contributed by atoms with Crippen LogP contribution in [0.4, 0.5) is 0 Å². The van der Waals surface area contributed by atoms with Crippen LogP contribution in [0.5, 0.6) is 0 Å². The van der Waals surface area contributed by atoms with Crippen LogP contribution in [0.15, 0.2) is 0 Å². The number of methoxy groups -OCH3 is 1. The molecule has 5 heteroatoms. The molecule has 0 aliphatic heterocycles. The van der Waals surface area contributed by atoms with Crippen molar-refractivity contribution < 1.29 is 19.0 Å². The molecule has 2 atom stereocenters. The third-order valence-electron chi connectivity index (χ3n) is 3.63. The van der Waals surface area contributed by atoms with Gasteiger partial charge in [0.1, 0.15) is 12.1 Å². The van der Waals surface area contributed by atoms with Gasteiger partial charge in [0.05, 0.1) is 19.8 Å². The third-order valence-corrected chi connectivity index (χ3v) is 3.63. The van der Waals surface area contributed by atoms with Crippen molar-refractivity contribution in [3.05, 3.63) is 0 Å². The molecule has 5 nitrogen and oxygen atoms in total. The SMILES string of the molecule is COCCOCCOC(=O)C1(N)CCCCC1C. The Morgan fingerprint density at radius 1 is 1.28 bits per heavy atom. The number of ether oxygens (including phenoxy) is 3. The van der Waals surface area contributed by atoms with Crippen molar-refractivity contribution in [3.8, 4) is 0 Å². The summed E-state index contributed by atoms with van der Waals surface area (Å²) in [6, 6.07) is 0. The summed E-state index contributed by atoms with van der Waals surface area (Å²) in [6.45, 7) is 3.73.